The van der Waals surface area contributed by atoms with E-state index in [2.05, 4.69) is 23.8 Å². The van der Waals surface area contributed by atoms with Crippen LogP contribution in [0.25, 0.3) is 10.9 Å². The average Bonchev–Trinajstić information content (AvgIpc) is 2.49. The highest BCUT2D eigenvalue weighted by Gasteiger charge is 2.07. The van der Waals surface area contributed by atoms with Crippen molar-refractivity contribution in [2.45, 2.75) is 26.2 Å². The molecule has 0 amide bonds. The van der Waals surface area contributed by atoms with Crippen molar-refractivity contribution < 1.29 is 4.39 Å². The third-order valence-corrected chi connectivity index (χ3v) is 3.73. The highest BCUT2D eigenvalue weighted by molar-refractivity contribution is 5.78. The molecule has 0 fully saturated rings. The van der Waals surface area contributed by atoms with Gasteiger partial charge in [-0.25, -0.2) is 9.37 Å². The Morgan fingerprint density at radius 2 is 1.86 bits per heavy atom. The van der Waals surface area contributed by atoms with Crippen molar-refractivity contribution >= 4 is 10.9 Å². The van der Waals surface area contributed by atoms with E-state index in [1.807, 2.05) is 18.2 Å². The van der Waals surface area contributed by atoms with E-state index in [1.54, 1.807) is 12.1 Å². The average molecular weight is 296 g/mol. The van der Waals surface area contributed by atoms with Crippen molar-refractivity contribution in [3.8, 4) is 0 Å². The normalized spacial score (nSPS) is 11.3. The summed E-state index contributed by atoms with van der Waals surface area (Å²) in [7, 11) is 0. The minimum absolute atomic E-state index is 0.135. The lowest BCUT2D eigenvalue weighted by Gasteiger charge is -2.07. The summed E-state index contributed by atoms with van der Waals surface area (Å²) in [5.41, 5.74) is 2.57. The number of benzene rings is 2. The van der Waals surface area contributed by atoms with E-state index < -0.39 is 0 Å². The van der Waals surface area contributed by atoms with Crippen LogP contribution in [0.4, 0.5) is 4.39 Å². The second-order valence-corrected chi connectivity index (χ2v) is 5.75. The first kappa shape index (κ1) is 14.4. The van der Waals surface area contributed by atoms with Crippen molar-refractivity contribution in [3.63, 3.8) is 0 Å². The molecule has 0 spiro atoms. The lowest BCUT2D eigenvalue weighted by molar-refractivity contribution is 0.627. The van der Waals surface area contributed by atoms with Crippen LogP contribution in [0.15, 0.2) is 47.3 Å². The van der Waals surface area contributed by atoms with E-state index in [0.717, 1.165) is 11.1 Å². The summed E-state index contributed by atoms with van der Waals surface area (Å²) < 4.78 is 12.9. The van der Waals surface area contributed by atoms with Crippen LogP contribution < -0.4 is 5.56 Å². The van der Waals surface area contributed by atoms with Gasteiger partial charge in [-0.05, 0) is 41.3 Å². The van der Waals surface area contributed by atoms with Gasteiger partial charge in [-0.1, -0.05) is 32.0 Å². The van der Waals surface area contributed by atoms with Crippen LogP contribution >= 0.6 is 0 Å². The molecule has 0 bridgehead atoms. The second kappa shape index (κ2) is 5.72. The van der Waals surface area contributed by atoms with Gasteiger partial charge in [0.1, 0.15) is 11.6 Å². The second-order valence-electron chi connectivity index (χ2n) is 5.75. The largest absolute Gasteiger partial charge is 0.310 e. The molecule has 0 aliphatic carbocycles. The molecule has 3 rings (SSSR count). The number of nitrogens with zero attached hydrogens (tertiary/aromatic N) is 1. The Kier molecular flexibility index (Phi) is 3.75. The number of hydrogen-bond acceptors (Lipinski definition) is 2. The van der Waals surface area contributed by atoms with Gasteiger partial charge in [0, 0.05) is 6.42 Å². The molecule has 4 heteroatoms. The minimum atomic E-state index is -0.273. The van der Waals surface area contributed by atoms with E-state index in [9.17, 15) is 9.18 Å². The fourth-order valence-corrected chi connectivity index (χ4v) is 2.44. The van der Waals surface area contributed by atoms with Gasteiger partial charge in [0.25, 0.3) is 5.56 Å². The van der Waals surface area contributed by atoms with Crippen molar-refractivity contribution in [3.05, 3.63) is 75.6 Å². The molecule has 0 atom stereocenters. The van der Waals surface area contributed by atoms with Crippen LogP contribution in [0.1, 0.15) is 36.7 Å². The summed E-state index contributed by atoms with van der Waals surface area (Å²) in [5.74, 6) is 0.675. The van der Waals surface area contributed by atoms with Gasteiger partial charge < -0.3 is 4.98 Å². The molecule has 22 heavy (non-hydrogen) atoms. The lowest BCUT2D eigenvalue weighted by atomic mass is 10.0. The molecule has 0 radical (unpaired) electrons. The number of halogens is 1. The highest BCUT2D eigenvalue weighted by atomic mass is 19.1. The smallest absolute Gasteiger partial charge is 0.258 e. The van der Waals surface area contributed by atoms with Gasteiger partial charge in [0.15, 0.2) is 0 Å². The van der Waals surface area contributed by atoms with Gasteiger partial charge >= 0.3 is 0 Å². The van der Waals surface area contributed by atoms with Crippen molar-refractivity contribution in [2.24, 2.45) is 0 Å². The van der Waals surface area contributed by atoms with E-state index in [4.69, 9.17) is 0 Å². The van der Waals surface area contributed by atoms with Crippen molar-refractivity contribution in [2.75, 3.05) is 0 Å². The maximum atomic E-state index is 12.9. The Balaban J connectivity index is 2.00. The summed E-state index contributed by atoms with van der Waals surface area (Å²) >= 11 is 0. The van der Waals surface area contributed by atoms with Gasteiger partial charge in [0.2, 0.25) is 0 Å². The molecular formula is C18H17FN2O. The first-order valence-corrected chi connectivity index (χ1v) is 7.30. The van der Waals surface area contributed by atoms with Crippen molar-refractivity contribution in [1.29, 1.82) is 0 Å². The zero-order valence-corrected chi connectivity index (χ0v) is 12.6. The Morgan fingerprint density at radius 1 is 1.14 bits per heavy atom. The number of nitrogens with one attached hydrogen (secondary N) is 1. The fourth-order valence-electron chi connectivity index (χ4n) is 2.44. The summed E-state index contributed by atoms with van der Waals surface area (Å²) in [6.45, 7) is 4.18. The maximum Gasteiger partial charge on any atom is 0.258 e. The highest BCUT2D eigenvalue weighted by Crippen LogP contribution is 2.18. The van der Waals surface area contributed by atoms with Crippen LogP contribution in [-0.4, -0.2) is 9.97 Å². The van der Waals surface area contributed by atoms with Gasteiger partial charge in [-0.15, -0.1) is 0 Å². The topological polar surface area (TPSA) is 45.8 Å². The standard InChI is InChI=1S/C18H17FN2O/c1-11(2)13-5-8-16-15(10-13)18(22)21-17(20-16)9-12-3-6-14(19)7-4-12/h3-8,10-11H,9H2,1-2H3,(H,20,21,22). The van der Waals surface area contributed by atoms with Gasteiger partial charge in [-0.3, -0.25) is 4.79 Å². The van der Waals surface area contributed by atoms with Gasteiger partial charge in [-0.2, -0.15) is 0 Å². The molecule has 1 aromatic heterocycles. The van der Waals surface area contributed by atoms with E-state index >= 15 is 0 Å². The molecule has 0 saturated carbocycles. The van der Waals surface area contributed by atoms with Crippen LogP contribution in [-0.2, 0) is 6.42 Å². The molecule has 2 aromatic carbocycles. The van der Waals surface area contributed by atoms with Crippen LogP contribution in [0.5, 0.6) is 0 Å². The summed E-state index contributed by atoms with van der Waals surface area (Å²) in [6.07, 6.45) is 0.470. The quantitative estimate of drug-likeness (QED) is 0.799. The molecule has 3 aromatic rings. The Morgan fingerprint density at radius 3 is 2.55 bits per heavy atom. The zero-order valence-electron chi connectivity index (χ0n) is 12.6. The molecule has 1 heterocycles. The van der Waals surface area contributed by atoms with Crippen LogP contribution in [0.2, 0.25) is 0 Å². The molecule has 0 saturated heterocycles. The molecule has 3 nitrogen and oxygen atoms in total. The Bertz CT molecular complexity index is 866. The number of aromatic amines is 1. The SMILES string of the molecule is CC(C)c1ccc2nc(Cc3ccc(F)cc3)[nH]c(=O)c2c1. The van der Waals surface area contributed by atoms with E-state index in [-0.39, 0.29) is 11.4 Å². The lowest BCUT2D eigenvalue weighted by Crippen LogP contribution is -2.12. The fraction of sp³-hybridized carbons (Fsp3) is 0.222. The number of fused-ring (bicyclic) bond motifs is 1. The third kappa shape index (κ3) is 2.91. The number of H-pyrrole nitrogens is 1. The molecule has 0 aliphatic heterocycles. The first-order valence-electron chi connectivity index (χ1n) is 7.30. The molecule has 0 unspecified atom stereocenters. The van der Waals surface area contributed by atoms with E-state index in [0.29, 0.717) is 29.1 Å². The van der Waals surface area contributed by atoms with Crippen molar-refractivity contribution in [1.82, 2.24) is 9.97 Å². The monoisotopic (exact) mass is 296 g/mol. The summed E-state index contributed by atoms with van der Waals surface area (Å²) in [4.78, 5) is 19.6. The number of hydrogen-bond donors (Lipinski definition) is 1. The number of aromatic nitrogens is 2. The molecule has 1 N–H and O–H groups in total. The molecule has 0 aliphatic rings. The Labute approximate surface area is 127 Å². The predicted octanol–water partition coefficient (Wildman–Crippen LogP) is 3.78. The predicted molar refractivity (Wildman–Crippen MR) is 85.7 cm³/mol. The minimum Gasteiger partial charge on any atom is -0.310 e. The number of rotatable bonds is 3. The first-order chi connectivity index (χ1) is 10.5. The Hall–Kier alpha value is -2.49. The summed E-state index contributed by atoms with van der Waals surface area (Å²) in [5, 5.41) is 0.606. The third-order valence-electron chi connectivity index (χ3n) is 3.73. The zero-order chi connectivity index (χ0) is 15.7. The van der Waals surface area contributed by atoms with Crippen LogP contribution in [0.3, 0.4) is 0 Å². The molecular weight excluding hydrogens is 279 g/mol. The van der Waals surface area contributed by atoms with Crippen LogP contribution in [0, 0.1) is 5.82 Å². The van der Waals surface area contributed by atoms with Gasteiger partial charge in [0.05, 0.1) is 10.9 Å². The van der Waals surface area contributed by atoms with E-state index in [1.165, 1.54) is 12.1 Å². The molecule has 112 valence electrons. The summed E-state index contributed by atoms with van der Waals surface area (Å²) in [6, 6.07) is 12.0. The maximum absolute atomic E-state index is 12.9.